The van der Waals surface area contributed by atoms with Crippen LogP contribution < -0.4 is 5.32 Å². The van der Waals surface area contributed by atoms with Crippen LogP contribution in [-0.2, 0) is 0 Å². The van der Waals surface area contributed by atoms with Gasteiger partial charge >= 0.3 is 0 Å². The van der Waals surface area contributed by atoms with Gasteiger partial charge in [-0.05, 0) is 12.0 Å². The molecule has 0 bridgehead atoms. The zero-order valence-corrected chi connectivity index (χ0v) is 11.4. The number of aliphatic hydroxyl groups is 1. The van der Waals surface area contributed by atoms with Crippen LogP contribution in [0.4, 0.5) is 8.78 Å². The van der Waals surface area contributed by atoms with E-state index in [4.69, 9.17) is 0 Å². The number of aliphatic hydroxyl groups excluding tert-OH is 1. The summed E-state index contributed by atoms with van der Waals surface area (Å²) in [6.07, 6.45) is -0.0949. The van der Waals surface area contributed by atoms with Gasteiger partial charge in [-0.1, -0.05) is 56.5 Å². The predicted molar refractivity (Wildman–Crippen MR) is 73.3 cm³/mol. The van der Waals surface area contributed by atoms with Crippen molar-refractivity contribution in [2.75, 3.05) is 6.54 Å². The second kappa shape index (κ2) is 8.99. The largest absolute Gasteiger partial charge is 0.386 e. The van der Waals surface area contributed by atoms with Crippen LogP contribution in [0.5, 0.6) is 0 Å². The minimum absolute atomic E-state index is 0.0288. The first-order valence-corrected chi connectivity index (χ1v) is 6.89. The van der Waals surface area contributed by atoms with Crippen LogP contribution in [0.2, 0.25) is 0 Å². The molecule has 108 valence electrons. The van der Waals surface area contributed by atoms with E-state index in [1.807, 2.05) is 30.3 Å². The smallest absolute Gasteiger partial charge is 0.265 e. The third kappa shape index (κ3) is 6.12. The fraction of sp³-hybridized carbons (Fsp3) is 0.600. The van der Waals surface area contributed by atoms with Crippen molar-refractivity contribution in [3.05, 3.63) is 35.9 Å². The van der Waals surface area contributed by atoms with Crippen LogP contribution in [0, 0.1) is 0 Å². The first-order valence-electron chi connectivity index (χ1n) is 6.89. The third-order valence-electron chi connectivity index (χ3n) is 3.16. The summed E-state index contributed by atoms with van der Waals surface area (Å²) < 4.78 is 24.6. The Kier molecular flexibility index (Phi) is 7.60. The van der Waals surface area contributed by atoms with E-state index in [1.165, 1.54) is 0 Å². The van der Waals surface area contributed by atoms with Crippen LogP contribution in [0.15, 0.2) is 30.3 Å². The molecule has 2 unspecified atom stereocenters. The predicted octanol–water partition coefficient (Wildman–Crippen LogP) is 3.52. The minimum Gasteiger partial charge on any atom is -0.386 e. The Balaban J connectivity index is 2.54. The van der Waals surface area contributed by atoms with Gasteiger partial charge in [0.2, 0.25) is 0 Å². The standard InChI is InChI=1S/C15H23F2NO/c1-2-3-5-10-13(12-8-6-4-7-9-12)18-11-14(19)15(16)17/h4,6-9,13-15,18-19H,2-3,5,10-11H2,1H3. The van der Waals surface area contributed by atoms with E-state index in [1.54, 1.807) is 0 Å². The fourth-order valence-corrected chi connectivity index (χ4v) is 2.02. The molecular formula is C15H23F2NO. The molecule has 2 nitrogen and oxygen atoms in total. The maximum absolute atomic E-state index is 12.3. The molecule has 0 aliphatic heterocycles. The summed E-state index contributed by atoms with van der Waals surface area (Å²) in [4.78, 5) is 0. The van der Waals surface area contributed by atoms with E-state index in [2.05, 4.69) is 12.2 Å². The van der Waals surface area contributed by atoms with Crippen LogP contribution in [0.3, 0.4) is 0 Å². The van der Waals surface area contributed by atoms with Crippen molar-refractivity contribution in [2.45, 2.75) is 51.2 Å². The Bertz CT molecular complexity index is 332. The van der Waals surface area contributed by atoms with Crippen molar-refractivity contribution in [3.63, 3.8) is 0 Å². The zero-order valence-electron chi connectivity index (χ0n) is 11.4. The van der Waals surface area contributed by atoms with E-state index in [0.717, 1.165) is 31.2 Å². The zero-order chi connectivity index (χ0) is 14.1. The van der Waals surface area contributed by atoms with E-state index < -0.39 is 12.5 Å². The number of rotatable bonds is 9. The maximum Gasteiger partial charge on any atom is 0.265 e. The molecule has 1 aromatic carbocycles. The molecule has 2 N–H and O–H groups in total. The van der Waals surface area contributed by atoms with Gasteiger partial charge in [0.25, 0.3) is 6.43 Å². The Labute approximate surface area is 113 Å². The third-order valence-corrected chi connectivity index (χ3v) is 3.16. The monoisotopic (exact) mass is 271 g/mol. The van der Waals surface area contributed by atoms with Crippen LogP contribution in [-0.4, -0.2) is 24.2 Å². The van der Waals surface area contributed by atoms with Crippen LogP contribution >= 0.6 is 0 Å². The van der Waals surface area contributed by atoms with Gasteiger partial charge in [-0.15, -0.1) is 0 Å². The number of alkyl halides is 2. The molecule has 1 rings (SSSR count). The molecule has 1 aromatic rings. The minimum atomic E-state index is -2.69. The highest BCUT2D eigenvalue weighted by molar-refractivity contribution is 5.18. The van der Waals surface area contributed by atoms with Gasteiger partial charge in [0.15, 0.2) is 0 Å². The highest BCUT2D eigenvalue weighted by Crippen LogP contribution is 2.20. The molecule has 0 aliphatic rings. The number of unbranched alkanes of at least 4 members (excludes halogenated alkanes) is 2. The first-order chi connectivity index (χ1) is 9.15. The van der Waals surface area contributed by atoms with Crippen molar-refractivity contribution in [3.8, 4) is 0 Å². The van der Waals surface area contributed by atoms with Crippen molar-refractivity contribution in [1.82, 2.24) is 5.32 Å². The Morgan fingerprint density at radius 3 is 2.42 bits per heavy atom. The lowest BCUT2D eigenvalue weighted by molar-refractivity contribution is -0.00481. The topological polar surface area (TPSA) is 32.3 Å². The highest BCUT2D eigenvalue weighted by atomic mass is 19.3. The van der Waals surface area contributed by atoms with E-state index in [0.29, 0.717) is 0 Å². The molecule has 0 radical (unpaired) electrons. The second-order valence-electron chi connectivity index (χ2n) is 4.77. The van der Waals surface area contributed by atoms with E-state index >= 15 is 0 Å². The summed E-state index contributed by atoms with van der Waals surface area (Å²) in [5.74, 6) is 0. The fourth-order valence-electron chi connectivity index (χ4n) is 2.02. The lowest BCUT2D eigenvalue weighted by Crippen LogP contribution is -2.34. The number of hydrogen-bond donors (Lipinski definition) is 2. The van der Waals surface area contributed by atoms with Crippen molar-refractivity contribution >= 4 is 0 Å². The quantitative estimate of drug-likeness (QED) is 0.673. The Morgan fingerprint density at radius 1 is 1.16 bits per heavy atom. The maximum atomic E-state index is 12.3. The molecular weight excluding hydrogens is 248 g/mol. The molecule has 0 saturated carbocycles. The summed E-state index contributed by atoms with van der Waals surface area (Å²) in [5, 5.41) is 12.2. The number of hydrogen-bond acceptors (Lipinski definition) is 2. The summed E-state index contributed by atoms with van der Waals surface area (Å²) in [6.45, 7) is 2.05. The molecule has 4 heteroatoms. The van der Waals surface area contributed by atoms with Crippen molar-refractivity contribution < 1.29 is 13.9 Å². The molecule has 0 amide bonds. The SMILES string of the molecule is CCCCCC(NCC(O)C(F)F)c1ccccc1. The van der Waals surface area contributed by atoms with E-state index in [9.17, 15) is 13.9 Å². The summed E-state index contributed by atoms with van der Waals surface area (Å²) in [6, 6.07) is 9.80. The van der Waals surface area contributed by atoms with Gasteiger partial charge in [0.05, 0.1) is 0 Å². The van der Waals surface area contributed by atoms with Crippen LogP contribution in [0.1, 0.15) is 44.2 Å². The molecule has 0 saturated heterocycles. The molecule has 0 aliphatic carbocycles. The van der Waals surface area contributed by atoms with Gasteiger partial charge in [0.1, 0.15) is 6.10 Å². The molecule has 0 spiro atoms. The average molecular weight is 271 g/mol. The van der Waals surface area contributed by atoms with Crippen molar-refractivity contribution in [1.29, 1.82) is 0 Å². The van der Waals surface area contributed by atoms with Gasteiger partial charge in [0, 0.05) is 12.6 Å². The molecule has 0 aromatic heterocycles. The molecule has 0 heterocycles. The number of halogens is 2. The normalized spacial score (nSPS) is 14.6. The summed E-state index contributed by atoms with van der Waals surface area (Å²) in [7, 11) is 0. The van der Waals surface area contributed by atoms with Gasteiger partial charge in [-0.2, -0.15) is 0 Å². The summed E-state index contributed by atoms with van der Waals surface area (Å²) >= 11 is 0. The Morgan fingerprint density at radius 2 is 1.84 bits per heavy atom. The first kappa shape index (κ1) is 16.1. The van der Waals surface area contributed by atoms with Gasteiger partial charge in [-0.3, -0.25) is 0 Å². The van der Waals surface area contributed by atoms with Gasteiger partial charge in [-0.25, -0.2) is 8.78 Å². The lowest BCUT2D eigenvalue weighted by atomic mass is 10.0. The summed E-state index contributed by atoms with van der Waals surface area (Å²) in [5.41, 5.74) is 1.08. The molecule has 19 heavy (non-hydrogen) atoms. The van der Waals surface area contributed by atoms with Gasteiger partial charge < -0.3 is 10.4 Å². The number of benzene rings is 1. The lowest BCUT2D eigenvalue weighted by Gasteiger charge is -2.21. The number of nitrogens with one attached hydrogen (secondary N) is 1. The Hall–Kier alpha value is -1.00. The second-order valence-corrected chi connectivity index (χ2v) is 4.77. The molecule has 2 atom stereocenters. The van der Waals surface area contributed by atoms with E-state index in [-0.39, 0.29) is 12.6 Å². The molecule has 0 fully saturated rings. The van der Waals surface area contributed by atoms with Crippen LogP contribution in [0.25, 0.3) is 0 Å². The highest BCUT2D eigenvalue weighted by Gasteiger charge is 2.19. The average Bonchev–Trinajstić information content (AvgIpc) is 2.43. The van der Waals surface area contributed by atoms with Crippen molar-refractivity contribution in [2.24, 2.45) is 0 Å².